The molecule has 1 aromatic heterocycles. The highest BCUT2D eigenvalue weighted by molar-refractivity contribution is 7.19. The number of nitrogen functional groups attached to an aromatic ring is 1. The van der Waals surface area contributed by atoms with Crippen LogP contribution in [0.15, 0.2) is 36.4 Å². The molecule has 1 saturated heterocycles. The number of piperidine rings is 1. The molecule has 22 heavy (non-hydrogen) atoms. The van der Waals surface area contributed by atoms with Crippen molar-refractivity contribution in [3.63, 3.8) is 0 Å². The monoisotopic (exact) mass is 322 g/mol. The highest BCUT2D eigenvalue weighted by atomic mass is 32.1. The quantitative estimate of drug-likeness (QED) is 0.912. The van der Waals surface area contributed by atoms with E-state index in [0.717, 1.165) is 15.4 Å². The number of amides is 1. The van der Waals surface area contributed by atoms with E-state index in [1.165, 1.54) is 16.2 Å². The minimum atomic E-state index is -2.64. The fraction of sp³-hybridized carbons (Fsp3) is 0.312. The molecule has 116 valence electrons. The number of alkyl halides is 2. The highest BCUT2D eigenvalue weighted by Gasteiger charge is 2.35. The van der Waals surface area contributed by atoms with Gasteiger partial charge < -0.3 is 10.6 Å². The van der Waals surface area contributed by atoms with Gasteiger partial charge >= 0.3 is 0 Å². The van der Waals surface area contributed by atoms with Gasteiger partial charge in [0.15, 0.2) is 0 Å². The zero-order valence-corrected chi connectivity index (χ0v) is 12.7. The summed E-state index contributed by atoms with van der Waals surface area (Å²) in [6.45, 7) is 0.212. The number of nitrogens with zero attached hydrogens (tertiary/aromatic N) is 1. The Morgan fingerprint density at radius 1 is 1.09 bits per heavy atom. The molecule has 1 aliphatic heterocycles. The molecule has 2 heterocycles. The third kappa shape index (κ3) is 3.11. The van der Waals surface area contributed by atoms with E-state index >= 15 is 0 Å². The summed E-state index contributed by atoms with van der Waals surface area (Å²) in [5, 5.41) is 0.740. The maximum absolute atomic E-state index is 13.1. The van der Waals surface area contributed by atoms with E-state index in [2.05, 4.69) is 0 Å². The molecule has 0 radical (unpaired) electrons. The number of rotatable bonds is 2. The number of carbonyl (C=O) groups is 1. The van der Waals surface area contributed by atoms with Crippen molar-refractivity contribution in [1.29, 1.82) is 0 Å². The van der Waals surface area contributed by atoms with Gasteiger partial charge in [0, 0.05) is 36.4 Å². The summed E-state index contributed by atoms with van der Waals surface area (Å²) in [7, 11) is 0. The lowest BCUT2D eigenvalue weighted by molar-refractivity contribution is -0.0494. The van der Waals surface area contributed by atoms with E-state index in [9.17, 15) is 13.6 Å². The zero-order chi connectivity index (χ0) is 15.7. The van der Waals surface area contributed by atoms with Crippen LogP contribution in [0.2, 0.25) is 0 Å². The molecule has 0 spiro atoms. The Balaban J connectivity index is 1.71. The molecule has 2 N–H and O–H groups in total. The van der Waals surface area contributed by atoms with Crippen LogP contribution in [0.3, 0.4) is 0 Å². The van der Waals surface area contributed by atoms with Crippen molar-refractivity contribution in [3.05, 3.63) is 42.0 Å². The minimum Gasteiger partial charge on any atom is -0.391 e. The van der Waals surface area contributed by atoms with Crippen molar-refractivity contribution >= 4 is 22.2 Å². The van der Waals surface area contributed by atoms with E-state index in [4.69, 9.17) is 5.73 Å². The van der Waals surface area contributed by atoms with Crippen molar-refractivity contribution in [2.24, 2.45) is 0 Å². The Bertz CT molecular complexity index is 672. The maximum Gasteiger partial charge on any atom is 0.253 e. The molecule has 6 heteroatoms. The first-order chi connectivity index (χ1) is 10.4. The molecular weight excluding hydrogens is 306 g/mol. The van der Waals surface area contributed by atoms with Gasteiger partial charge in [-0.05, 0) is 29.8 Å². The van der Waals surface area contributed by atoms with E-state index in [1.807, 2.05) is 24.3 Å². The van der Waals surface area contributed by atoms with Gasteiger partial charge in [-0.15, -0.1) is 11.3 Å². The van der Waals surface area contributed by atoms with Crippen LogP contribution in [-0.4, -0.2) is 29.8 Å². The first-order valence-electron chi connectivity index (χ1n) is 7.07. The van der Waals surface area contributed by atoms with Gasteiger partial charge in [0.1, 0.15) is 0 Å². The molecule has 1 amide bonds. The molecule has 3 nitrogen and oxygen atoms in total. The summed E-state index contributed by atoms with van der Waals surface area (Å²) in [6.07, 6.45) is -0.517. The molecular formula is C16H16F2N2OS. The van der Waals surface area contributed by atoms with Crippen molar-refractivity contribution in [2.75, 3.05) is 18.8 Å². The van der Waals surface area contributed by atoms with Crippen LogP contribution in [0.25, 0.3) is 10.4 Å². The SMILES string of the molecule is Nc1ccc(-c2ccc(C(=O)N3CCC(F)(F)CC3)cc2)s1. The largest absolute Gasteiger partial charge is 0.391 e. The molecule has 1 aromatic carbocycles. The lowest BCUT2D eigenvalue weighted by atomic mass is 10.0. The Hall–Kier alpha value is -1.95. The van der Waals surface area contributed by atoms with Crippen LogP contribution in [0, 0.1) is 0 Å². The number of benzene rings is 1. The Labute approximate surface area is 131 Å². The Kier molecular flexibility index (Phi) is 3.87. The summed E-state index contributed by atoms with van der Waals surface area (Å²) >= 11 is 1.48. The average molecular weight is 322 g/mol. The predicted octanol–water partition coefficient (Wildman–Crippen LogP) is 3.87. The topological polar surface area (TPSA) is 46.3 Å². The smallest absolute Gasteiger partial charge is 0.253 e. The van der Waals surface area contributed by atoms with Crippen LogP contribution in [0.1, 0.15) is 23.2 Å². The molecule has 3 rings (SSSR count). The van der Waals surface area contributed by atoms with Crippen molar-refractivity contribution < 1.29 is 13.6 Å². The summed E-state index contributed by atoms with van der Waals surface area (Å²) in [6, 6.07) is 11.0. The third-order valence-corrected chi connectivity index (χ3v) is 4.79. The second-order valence-electron chi connectivity index (χ2n) is 5.43. The number of thiophene rings is 1. The summed E-state index contributed by atoms with van der Waals surface area (Å²) in [4.78, 5) is 14.9. The van der Waals surface area contributed by atoms with Crippen LogP contribution in [0.5, 0.6) is 0 Å². The predicted molar refractivity (Wildman–Crippen MR) is 84.3 cm³/mol. The van der Waals surface area contributed by atoms with Gasteiger partial charge in [-0.2, -0.15) is 0 Å². The average Bonchev–Trinajstić information content (AvgIpc) is 2.93. The number of hydrogen-bond acceptors (Lipinski definition) is 3. The van der Waals surface area contributed by atoms with Gasteiger partial charge in [0.2, 0.25) is 0 Å². The number of hydrogen-bond donors (Lipinski definition) is 1. The first kappa shape index (κ1) is 15.0. The normalized spacial score (nSPS) is 17.5. The maximum atomic E-state index is 13.1. The first-order valence-corrected chi connectivity index (χ1v) is 7.89. The standard InChI is InChI=1S/C16H16F2N2OS/c17-16(18)7-9-20(10-8-16)15(21)12-3-1-11(2-4-12)13-5-6-14(19)22-13/h1-6H,7-10,19H2. The Morgan fingerprint density at radius 2 is 1.73 bits per heavy atom. The molecule has 0 atom stereocenters. The number of halogens is 2. The third-order valence-electron chi connectivity index (χ3n) is 3.83. The molecule has 0 saturated carbocycles. The molecule has 1 fully saturated rings. The van der Waals surface area contributed by atoms with Crippen LogP contribution in [0.4, 0.5) is 13.8 Å². The van der Waals surface area contributed by atoms with Crippen molar-refractivity contribution in [2.45, 2.75) is 18.8 Å². The summed E-state index contributed by atoms with van der Waals surface area (Å²) in [5.41, 5.74) is 7.23. The lowest BCUT2D eigenvalue weighted by Crippen LogP contribution is -2.42. The van der Waals surface area contributed by atoms with Crippen molar-refractivity contribution in [1.82, 2.24) is 4.90 Å². The fourth-order valence-corrected chi connectivity index (χ4v) is 3.28. The molecule has 0 aliphatic carbocycles. The van der Waals surface area contributed by atoms with Gasteiger partial charge in [0.05, 0.1) is 5.00 Å². The summed E-state index contributed by atoms with van der Waals surface area (Å²) < 4.78 is 26.3. The van der Waals surface area contributed by atoms with E-state index < -0.39 is 5.92 Å². The van der Waals surface area contributed by atoms with E-state index in [-0.39, 0.29) is 31.8 Å². The number of carbonyl (C=O) groups excluding carboxylic acids is 1. The Morgan fingerprint density at radius 3 is 2.27 bits per heavy atom. The molecule has 1 aliphatic rings. The highest BCUT2D eigenvalue weighted by Crippen LogP contribution is 2.31. The van der Waals surface area contributed by atoms with Crippen molar-refractivity contribution in [3.8, 4) is 10.4 Å². The van der Waals surface area contributed by atoms with Gasteiger partial charge in [-0.25, -0.2) is 8.78 Å². The van der Waals surface area contributed by atoms with Crippen LogP contribution >= 0.6 is 11.3 Å². The lowest BCUT2D eigenvalue weighted by Gasteiger charge is -2.31. The van der Waals surface area contributed by atoms with E-state index in [0.29, 0.717) is 5.56 Å². The van der Waals surface area contributed by atoms with Crippen LogP contribution in [-0.2, 0) is 0 Å². The van der Waals surface area contributed by atoms with Gasteiger partial charge in [-0.3, -0.25) is 4.79 Å². The fourth-order valence-electron chi connectivity index (χ4n) is 2.50. The number of likely N-dealkylation sites (tertiary alicyclic amines) is 1. The molecule has 2 aromatic rings. The second-order valence-corrected chi connectivity index (χ2v) is 6.54. The zero-order valence-electron chi connectivity index (χ0n) is 11.9. The van der Waals surface area contributed by atoms with E-state index in [1.54, 1.807) is 12.1 Å². The van der Waals surface area contributed by atoms with Gasteiger partial charge in [-0.1, -0.05) is 12.1 Å². The molecule has 0 bridgehead atoms. The summed E-state index contributed by atoms with van der Waals surface area (Å²) in [5.74, 6) is -2.83. The second kappa shape index (κ2) is 5.68. The minimum absolute atomic E-state index is 0.106. The van der Waals surface area contributed by atoms with Gasteiger partial charge in [0.25, 0.3) is 11.8 Å². The molecule has 0 unspecified atom stereocenters. The number of anilines is 1. The number of nitrogens with two attached hydrogens (primary N) is 1. The van der Waals surface area contributed by atoms with Crippen LogP contribution < -0.4 is 5.73 Å².